The lowest BCUT2D eigenvalue weighted by atomic mass is 9.86. The van der Waals surface area contributed by atoms with E-state index in [-0.39, 0.29) is 11.8 Å². The van der Waals surface area contributed by atoms with Crippen LogP contribution in [0, 0.1) is 0 Å². The van der Waals surface area contributed by atoms with E-state index in [0.717, 1.165) is 15.8 Å². The molecule has 1 aliphatic heterocycles. The van der Waals surface area contributed by atoms with Gasteiger partial charge in [0.25, 0.3) is 5.91 Å². The van der Waals surface area contributed by atoms with Gasteiger partial charge >= 0.3 is 0 Å². The standard InChI is InChI=1S/C18H15N3O2S/c1-18(2)11-8-7-10(9-13(11)19-16(18)23)15(22)21-17-20-12-5-3-4-6-14(12)24-17/h3-9H,1-2H3,(H,19,23)(H,20,21,22). The first-order chi connectivity index (χ1) is 11.4. The van der Waals surface area contributed by atoms with Crippen LogP contribution < -0.4 is 10.6 Å². The molecular weight excluding hydrogens is 322 g/mol. The van der Waals surface area contributed by atoms with Crippen LogP contribution in [0.2, 0.25) is 0 Å². The number of amides is 2. The Kier molecular flexibility index (Phi) is 3.18. The third kappa shape index (κ3) is 2.27. The van der Waals surface area contributed by atoms with Gasteiger partial charge in [-0.2, -0.15) is 0 Å². The van der Waals surface area contributed by atoms with E-state index in [9.17, 15) is 9.59 Å². The summed E-state index contributed by atoms with van der Waals surface area (Å²) >= 11 is 1.43. The van der Waals surface area contributed by atoms with E-state index in [1.54, 1.807) is 12.1 Å². The molecule has 0 unspecified atom stereocenters. The first-order valence-electron chi connectivity index (χ1n) is 7.58. The second-order valence-electron chi connectivity index (χ2n) is 6.28. The second-order valence-corrected chi connectivity index (χ2v) is 7.31. The number of aromatic nitrogens is 1. The highest BCUT2D eigenvalue weighted by Gasteiger charge is 2.38. The van der Waals surface area contributed by atoms with Crippen molar-refractivity contribution in [2.75, 3.05) is 10.6 Å². The molecule has 6 heteroatoms. The van der Waals surface area contributed by atoms with E-state index in [1.165, 1.54) is 11.3 Å². The largest absolute Gasteiger partial charge is 0.325 e. The van der Waals surface area contributed by atoms with Gasteiger partial charge in [0.1, 0.15) is 0 Å². The Hall–Kier alpha value is -2.73. The number of anilines is 2. The van der Waals surface area contributed by atoms with Crippen LogP contribution >= 0.6 is 11.3 Å². The van der Waals surface area contributed by atoms with Crippen LogP contribution in [0.4, 0.5) is 10.8 Å². The fourth-order valence-electron chi connectivity index (χ4n) is 2.83. The van der Waals surface area contributed by atoms with E-state index in [0.29, 0.717) is 16.4 Å². The van der Waals surface area contributed by atoms with Crippen molar-refractivity contribution in [3.8, 4) is 0 Å². The fourth-order valence-corrected chi connectivity index (χ4v) is 3.69. The summed E-state index contributed by atoms with van der Waals surface area (Å²) < 4.78 is 1.02. The number of carbonyl (C=O) groups is 2. The molecule has 0 spiro atoms. The monoisotopic (exact) mass is 337 g/mol. The molecule has 0 radical (unpaired) electrons. The number of hydrogen-bond donors (Lipinski definition) is 2. The highest BCUT2D eigenvalue weighted by atomic mass is 32.1. The molecule has 3 aromatic rings. The van der Waals surface area contributed by atoms with Crippen LogP contribution in [0.25, 0.3) is 10.2 Å². The van der Waals surface area contributed by atoms with E-state index < -0.39 is 5.41 Å². The van der Waals surface area contributed by atoms with Gasteiger partial charge in [-0.15, -0.1) is 0 Å². The Morgan fingerprint density at radius 1 is 1.21 bits per heavy atom. The minimum absolute atomic E-state index is 0.0544. The number of rotatable bonds is 2. The molecule has 0 bridgehead atoms. The van der Waals surface area contributed by atoms with Gasteiger partial charge in [0.2, 0.25) is 5.91 Å². The summed E-state index contributed by atoms with van der Waals surface area (Å²) in [5.41, 5.74) is 2.38. The fraction of sp³-hybridized carbons (Fsp3) is 0.167. The zero-order valence-electron chi connectivity index (χ0n) is 13.2. The maximum absolute atomic E-state index is 12.5. The summed E-state index contributed by atoms with van der Waals surface area (Å²) in [6.45, 7) is 3.74. The maximum atomic E-state index is 12.5. The molecule has 120 valence electrons. The summed E-state index contributed by atoms with van der Waals surface area (Å²) in [6, 6.07) is 13.0. The zero-order valence-corrected chi connectivity index (χ0v) is 14.0. The van der Waals surface area contributed by atoms with Gasteiger partial charge in [0, 0.05) is 11.3 Å². The summed E-state index contributed by atoms with van der Waals surface area (Å²) in [5, 5.41) is 6.22. The van der Waals surface area contributed by atoms with Crippen molar-refractivity contribution in [3.63, 3.8) is 0 Å². The normalized spacial score (nSPS) is 15.2. The predicted molar refractivity (Wildman–Crippen MR) is 95.7 cm³/mol. The summed E-state index contributed by atoms with van der Waals surface area (Å²) in [6.07, 6.45) is 0. The molecule has 0 saturated heterocycles. The van der Waals surface area contributed by atoms with Crippen molar-refractivity contribution in [1.29, 1.82) is 0 Å². The number of thiazole rings is 1. The number of nitrogens with zero attached hydrogens (tertiary/aromatic N) is 1. The van der Waals surface area contributed by atoms with Gasteiger partial charge in [-0.25, -0.2) is 4.98 Å². The number of benzene rings is 2. The van der Waals surface area contributed by atoms with E-state index in [4.69, 9.17) is 0 Å². The van der Waals surface area contributed by atoms with E-state index in [2.05, 4.69) is 15.6 Å². The predicted octanol–water partition coefficient (Wildman–Crippen LogP) is 3.78. The molecule has 4 rings (SSSR count). The topological polar surface area (TPSA) is 71.1 Å². The maximum Gasteiger partial charge on any atom is 0.257 e. The van der Waals surface area contributed by atoms with E-state index >= 15 is 0 Å². The van der Waals surface area contributed by atoms with Crippen LogP contribution in [0.3, 0.4) is 0 Å². The quantitative estimate of drug-likeness (QED) is 0.747. The Morgan fingerprint density at radius 3 is 2.79 bits per heavy atom. The molecule has 1 aliphatic rings. The van der Waals surface area contributed by atoms with Crippen LogP contribution in [0.5, 0.6) is 0 Å². The molecule has 2 N–H and O–H groups in total. The molecule has 24 heavy (non-hydrogen) atoms. The minimum Gasteiger partial charge on any atom is -0.325 e. The summed E-state index contributed by atoms with van der Waals surface area (Å²) in [4.78, 5) is 28.9. The number of fused-ring (bicyclic) bond motifs is 2. The Morgan fingerprint density at radius 2 is 2.00 bits per heavy atom. The van der Waals surface area contributed by atoms with Crippen LogP contribution in [0.1, 0.15) is 29.8 Å². The molecule has 0 fully saturated rings. The molecule has 2 amide bonds. The van der Waals surface area contributed by atoms with Crippen molar-refractivity contribution in [1.82, 2.24) is 4.98 Å². The minimum atomic E-state index is -0.572. The van der Waals surface area contributed by atoms with Gasteiger partial charge in [-0.05, 0) is 43.7 Å². The van der Waals surface area contributed by atoms with Gasteiger partial charge in [-0.3, -0.25) is 14.9 Å². The van der Waals surface area contributed by atoms with Crippen LogP contribution in [-0.2, 0) is 10.2 Å². The van der Waals surface area contributed by atoms with Crippen molar-refractivity contribution in [2.45, 2.75) is 19.3 Å². The van der Waals surface area contributed by atoms with Crippen LogP contribution in [-0.4, -0.2) is 16.8 Å². The number of hydrogen-bond acceptors (Lipinski definition) is 4. The van der Waals surface area contributed by atoms with Crippen molar-refractivity contribution < 1.29 is 9.59 Å². The molecule has 0 saturated carbocycles. The lowest BCUT2D eigenvalue weighted by molar-refractivity contribution is -0.119. The van der Waals surface area contributed by atoms with Crippen LogP contribution in [0.15, 0.2) is 42.5 Å². The molecule has 1 aromatic heterocycles. The van der Waals surface area contributed by atoms with E-state index in [1.807, 2.05) is 44.2 Å². The first kappa shape index (κ1) is 14.8. The molecule has 2 heterocycles. The average molecular weight is 337 g/mol. The second kappa shape index (κ2) is 5.14. The van der Waals surface area contributed by atoms with Gasteiger partial charge < -0.3 is 5.32 Å². The molecular formula is C18H15N3O2S. The number of carbonyl (C=O) groups excluding carboxylic acids is 2. The Balaban J connectivity index is 1.61. The third-order valence-electron chi connectivity index (χ3n) is 4.29. The smallest absolute Gasteiger partial charge is 0.257 e. The lowest BCUT2D eigenvalue weighted by Crippen LogP contribution is -2.26. The molecule has 2 aromatic carbocycles. The van der Waals surface area contributed by atoms with Gasteiger partial charge in [0.15, 0.2) is 5.13 Å². The molecule has 0 atom stereocenters. The molecule has 5 nitrogen and oxygen atoms in total. The highest BCUT2D eigenvalue weighted by molar-refractivity contribution is 7.22. The molecule has 0 aliphatic carbocycles. The number of para-hydroxylation sites is 1. The highest BCUT2D eigenvalue weighted by Crippen LogP contribution is 2.37. The first-order valence-corrected chi connectivity index (χ1v) is 8.40. The van der Waals surface area contributed by atoms with Crippen molar-refractivity contribution in [2.24, 2.45) is 0 Å². The number of nitrogens with one attached hydrogen (secondary N) is 2. The van der Waals surface area contributed by atoms with Gasteiger partial charge in [-0.1, -0.05) is 29.5 Å². The SMILES string of the molecule is CC1(C)C(=O)Nc2cc(C(=O)Nc3nc4ccccc4s3)ccc21. The van der Waals surface area contributed by atoms with Crippen molar-refractivity contribution in [3.05, 3.63) is 53.6 Å². The lowest BCUT2D eigenvalue weighted by Gasteiger charge is -2.14. The van der Waals surface area contributed by atoms with Crippen molar-refractivity contribution >= 4 is 44.2 Å². The summed E-state index contributed by atoms with van der Waals surface area (Å²) in [5.74, 6) is -0.294. The Bertz CT molecular complexity index is 958. The zero-order chi connectivity index (χ0) is 16.9. The average Bonchev–Trinajstić information content (AvgIpc) is 3.05. The Labute approximate surface area is 142 Å². The van der Waals surface area contributed by atoms with Gasteiger partial charge in [0.05, 0.1) is 15.6 Å². The third-order valence-corrected chi connectivity index (χ3v) is 5.24. The summed E-state index contributed by atoms with van der Waals surface area (Å²) in [7, 11) is 0.